The van der Waals surface area contributed by atoms with Crippen molar-refractivity contribution in [2.75, 3.05) is 0 Å². The summed E-state index contributed by atoms with van der Waals surface area (Å²) in [6.45, 7) is 0. The van der Waals surface area contributed by atoms with Crippen molar-refractivity contribution >= 4 is 21.7 Å². The highest BCUT2D eigenvalue weighted by Crippen LogP contribution is 2.31. The molecule has 1 nitrogen and oxygen atoms in total. The van der Waals surface area contributed by atoms with Crippen molar-refractivity contribution < 1.29 is 13.6 Å². The Hall–Kier alpha value is 0.01000. The van der Waals surface area contributed by atoms with E-state index < -0.39 is 16.5 Å². The maximum absolute atomic E-state index is 12.7. The third-order valence-corrected chi connectivity index (χ3v) is 2.72. The summed E-state index contributed by atoms with van der Waals surface area (Å²) >= 11 is 2.95. The molecule has 1 unspecified atom stereocenters. The summed E-state index contributed by atoms with van der Waals surface area (Å²) in [6.07, 6.45) is 1.40. The SMILES string of the molecule is O=C1C(Br)CCCCC1(F)F. The molecular weight excluding hydrogens is 218 g/mol. The topological polar surface area (TPSA) is 17.1 Å². The first-order valence-electron chi connectivity index (χ1n) is 3.60. The second-order valence-corrected chi connectivity index (χ2v) is 3.89. The molecule has 0 aromatic rings. The Morgan fingerprint density at radius 2 is 2.09 bits per heavy atom. The molecule has 1 atom stereocenters. The fraction of sp³-hybridized carbons (Fsp3) is 0.857. The number of alkyl halides is 3. The molecule has 11 heavy (non-hydrogen) atoms. The van der Waals surface area contributed by atoms with Gasteiger partial charge in [-0.2, -0.15) is 8.78 Å². The standard InChI is InChI=1S/C7H9BrF2O/c8-5-3-1-2-4-7(9,10)6(5)11/h5H,1-4H2. The van der Waals surface area contributed by atoms with Gasteiger partial charge in [-0.05, 0) is 12.8 Å². The normalized spacial score (nSPS) is 31.5. The third kappa shape index (κ3) is 1.98. The lowest BCUT2D eigenvalue weighted by molar-refractivity contribution is -0.142. The second kappa shape index (κ2) is 3.17. The highest BCUT2D eigenvalue weighted by molar-refractivity contribution is 9.10. The molecule has 0 spiro atoms. The molecule has 0 radical (unpaired) electrons. The van der Waals surface area contributed by atoms with Crippen molar-refractivity contribution in [3.05, 3.63) is 0 Å². The van der Waals surface area contributed by atoms with Crippen molar-refractivity contribution in [2.24, 2.45) is 0 Å². The first kappa shape index (κ1) is 9.10. The monoisotopic (exact) mass is 226 g/mol. The van der Waals surface area contributed by atoms with Crippen LogP contribution in [0.25, 0.3) is 0 Å². The minimum Gasteiger partial charge on any atom is -0.292 e. The van der Waals surface area contributed by atoms with E-state index in [1.807, 2.05) is 0 Å². The first-order chi connectivity index (χ1) is 5.04. The van der Waals surface area contributed by atoms with Crippen LogP contribution in [-0.4, -0.2) is 16.5 Å². The van der Waals surface area contributed by atoms with E-state index in [1.54, 1.807) is 0 Å². The highest BCUT2D eigenvalue weighted by atomic mass is 79.9. The number of carbonyl (C=O) groups is 1. The van der Waals surface area contributed by atoms with Crippen LogP contribution < -0.4 is 0 Å². The largest absolute Gasteiger partial charge is 0.306 e. The van der Waals surface area contributed by atoms with Crippen LogP contribution in [0.1, 0.15) is 25.7 Å². The van der Waals surface area contributed by atoms with E-state index in [9.17, 15) is 13.6 Å². The molecule has 0 amide bonds. The Labute approximate surface area is 72.3 Å². The number of Topliss-reactive ketones (excluding diaryl/α,β-unsaturated/α-hetero) is 1. The number of rotatable bonds is 0. The van der Waals surface area contributed by atoms with Crippen molar-refractivity contribution in [1.82, 2.24) is 0 Å². The summed E-state index contributed by atoms with van der Waals surface area (Å²) < 4.78 is 25.5. The lowest BCUT2D eigenvalue weighted by Crippen LogP contribution is -2.32. The Bertz CT molecular complexity index is 170. The van der Waals surface area contributed by atoms with Crippen molar-refractivity contribution in [1.29, 1.82) is 0 Å². The van der Waals surface area contributed by atoms with Crippen LogP contribution in [0.2, 0.25) is 0 Å². The number of carbonyl (C=O) groups excluding carboxylic acids is 1. The van der Waals surface area contributed by atoms with Crippen LogP contribution in [0.5, 0.6) is 0 Å². The molecule has 0 aliphatic heterocycles. The summed E-state index contributed by atoms with van der Waals surface area (Å²) in [5.41, 5.74) is 0. The molecule has 64 valence electrons. The lowest BCUT2D eigenvalue weighted by atomic mass is 10.1. The molecule has 0 aromatic heterocycles. The van der Waals surface area contributed by atoms with Crippen LogP contribution in [0.15, 0.2) is 0 Å². The molecule has 0 saturated heterocycles. The van der Waals surface area contributed by atoms with E-state index >= 15 is 0 Å². The predicted octanol–water partition coefficient (Wildman–Crippen LogP) is 2.53. The average Bonchev–Trinajstić information content (AvgIpc) is 2.03. The molecule has 1 fully saturated rings. The number of hydrogen-bond acceptors (Lipinski definition) is 1. The predicted molar refractivity (Wildman–Crippen MR) is 41.1 cm³/mol. The van der Waals surface area contributed by atoms with Gasteiger partial charge in [0, 0.05) is 6.42 Å². The highest BCUT2D eigenvalue weighted by Gasteiger charge is 2.42. The van der Waals surface area contributed by atoms with Gasteiger partial charge in [0.15, 0.2) is 0 Å². The van der Waals surface area contributed by atoms with Crippen molar-refractivity contribution in [3.63, 3.8) is 0 Å². The van der Waals surface area contributed by atoms with Crippen LogP contribution in [0, 0.1) is 0 Å². The van der Waals surface area contributed by atoms with Gasteiger partial charge in [0.05, 0.1) is 4.83 Å². The third-order valence-electron chi connectivity index (χ3n) is 1.84. The zero-order valence-corrected chi connectivity index (χ0v) is 7.53. The Morgan fingerprint density at radius 3 is 2.73 bits per heavy atom. The summed E-state index contributed by atoms with van der Waals surface area (Å²) in [5.74, 6) is -4.04. The van der Waals surface area contributed by atoms with Gasteiger partial charge in [-0.15, -0.1) is 0 Å². The minimum atomic E-state index is -3.09. The molecule has 1 aliphatic rings. The van der Waals surface area contributed by atoms with Gasteiger partial charge in [0.25, 0.3) is 0 Å². The maximum Gasteiger partial charge on any atom is 0.306 e. The lowest BCUT2D eigenvalue weighted by Gasteiger charge is -2.12. The van der Waals surface area contributed by atoms with Gasteiger partial charge in [0.1, 0.15) is 0 Å². The Kier molecular flexibility index (Phi) is 2.62. The molecule has 1 rings (SSSR count). The van der Waals surface area contributed by atoms with Gasteiger partial charge >= 0.3 is 5.92 Å². The molecule has 4 heteroatoms. The van der Waals surface area contributed by atoms with E-state index in [1.165, 1.54) is 0 Å². The summed E-state index contributed by atoms with van der Waals surface area (Å²) in [6, 6.07) is 0. The second-order valence-electron chi connectivity index (χ2n) is 2.78. The molecule has 1 saturated carbocycles. The molecule has 0 aromatic carbocycles. The fourth-order valence-corrected chi connectivity index (χ4v) is 1.81. The molecule has 0 N–H and O–H groups in total. The fourth-order valence-electron chi connectivity index (χ4n) is 1.15. The van der Waals surface area contributed by atoms with Crippen molar-refractivity contribution in [3.8, 4) is 0 Å². The number of ketones is 1. The number of hydrogen-bond donors (Lipinski definition) is 0. The van der Waals surface area contributed by atoms with Crippen LogP contribution in [0.4, 0.5) is 8.78 Å². The van der Waals surface area contributed by atoms with Crippen molar-refractivity contribution in [2.45, 2.75) is 36.4 Å². The van der Waals surface area contributed by atoms with E-state index in [0.717, 1.165) is 0 Å². The zero-order chi connectivity index (χ0) is 8.48. The van der Waals surface area contributed by atoms with Gasteiger partial charge in [0.2, 0.25) is 5.78 Å². The summed E-state index contributed by atoms with van der Waals surface area (Å²) in [5, 5.41) is 0. The molecule has 1 aliphatic carbocycles. The Balaban J connectivity index is 2.73. The smallest absolute Gasteiger partial charge is 0.292 e. The van der Waals surface area contributed by atoms with Crippen LogP contribution in [-0.2, 0) is 4.79 Å². The van der Waals surface area contributed by atoms with Gasteiger partial charge in [-0.25, -0.2) is 0 Å². The minimum absolute atomic E-state index is 0.284. The van der Waals surface area contributed by atoms with E-state index in [4.69, 9.17) is 0 Å². The summed E-state index contributed by atoms with van der Waals surface area (Å²) in [4.78, 5) is 10.2. The van der Waals surface area contributed by atoms with Crippen LogP contribution in [0.3, 0.4) is 0 Å². The Morgan fingerprint density at radius 1 is 1.45 bits per heavy atom. The average molecular weight is 227 g/mol. The van der Waals surface area contributed by atoms with Gasteiger partial charge in [-0.3, -0.25) is 4.79 Å². The summed E-state index contributed by atoms with van der Waals surface area (Å²) in [7, 11) is 0. The molecule has 0 bridgehead atoms. The quantitative estimate of drug-likeness (QED) is 0.459. The van der Waals surface area contributed by atoms with Gasteiger partial charge < -0.3 is 0 Å². The first-order valence-corrected chi connectivity index (χ1v) is 4.52. The zero-order valence-electron chi connectivity index (χ0n) is 5.95. The number of halogens is 3. The van der Waals surface area contributed by atoms with Crippen LogP contribution >= 0.6 is 15.9 Å². The van der Waals surface area contributed by atoms with E-state index in [0.29, 0.717) is 19.3 Å². The molecular formula is C7H9BrF2O. The van der Waals surface area contributed by atoms with E-state index in [2.05, 4.69) is 15.9 Å². The maximum atomic E-state index is 12.7. The van der Waals surface area contributed by atoms with E-state index in [-0.39, 0.29) is 6.42 Å². The molecule has 0 heterocycles. The van der Waals surface area contributed by atoms with Gasteiger partial charge in [-0.1, -0.05) is 22.4 Å².